The summed E-state index contributed by atoms with van der Waals surface area (Å²) in [5.74, 6) is 1.72. The van der Waals surface area contributed by atoms with Crippen LogP contribution in [-0.2, 0) is 9.59 Å². The molecule has 0 unspecified atom stereocenters. The number of carbonyl (C=O) groups excluding carboxylic acids is 2. The number of hydrogen-bond donors (Lipinski definition) is 1. The zero-order valence-corrected chi connectivity index (χ0v) is 23.7. The zero-order chi connectivity index (χ0) is 28.4. The van der Waals surface area contributed by atoms with Gasteiger partial charge in [0.25, 0.3) is 0 Å². The van der Waals surface area contributed by atoms with Crippen molar-refractivity contribution < 1.29 is 23.8 Å². The molecule has 1 aliphatic carbocycles. The molecule has 3 aromatic rings. The summed E-state index contributed by atoms with van der Waals surface area (Å²) < 4.78 is 17.3. The van der Waals surface area contributed by atoms with Crippen molar-refractivity contribution >= 4 is 23.1 Å². The molecular formula is C33H36N2O5. The van der Waals surface area contributed by atoms with Crippen molar-refractivity contribution in [3.63, 3.8) is 0 Å². The standard InChI is InChI=1S/C33H36N2O5/c1-6-20(2)40-29-14-10-7-11-24(29)33-32-26(34-25-12-8-9-13-27(25)35(33)21(3)36)17-23(18-28(32)37)22-15-16-30(38-4)31(19-22)39-5/h7-16,19-20,23,33-34H,6,17-18H2,1-5H3/t20-,23+,33+/m1/s1. The van der Waals surface area contributed by atoms with Crippen LogP contribution in [0.15, 0.2) is 78.0 Å². The first kappa shape index (κ1) is 27.3. The number of benzene rings is 3. The number of para-hydroxylation sites is 3. The van der Waals surface area contributed by atoms with E-state index in [1.165, 1.54) is 0 Å². The molecule has 2 aliphatic rings. The second-order valence-electron chi connectivity index (χ2n) is 10.3. The van der Waals surface area contributed by atoms with Crippen molar-refractivity contribution in [2.24, 2.45) is 0 Å². The van der Waals surface area contributed by atoms with Gasteiger partial charge >= 0.3 is 0 Å². The summed E-state index contributed by atoms with van der Waals surface area (Å²) >= 11 is 0. The van der Waals surface area contributed by atoms with Crippen LogP contribution >= 0.6 is 0 Å². The summed E-state index contributed by atoms with van der Waals surface area (Å²) in [7, 11) is 3.22. The van der Waals surface area contributed by atoms with Gasteiger partial charge in [0, 0.05) is 30.2 Å². The van der Waals surface area contributed by atoms with E-state index in [-0.39, 0.29) is 23.7 Å². The number of methoxy groups -OCH3 is 2. The summed E-state index contributed by atoms with van der Waals surface area (Å²) in [6.07, 6.45) is 1.72. The number of nitrogens with one attached hydrogen (secondary N) is 1. The quantitative estimate of drug-likeness (QED) is 0.355. The van der Waals surface area contributed by atoms with E-state index in [4.69, 9.17) is 14.2 Å². The minimum Gasteiger partial charge on any atom is -0.493 e. The molecule has 3 aromatic carbocycles. The highest BCUT2D eigenvalue weighted by Gasteiger charge is 2.42. The lowest BCUT2D eigenvalue weighted by atomic mass is 9.78. The summed E-state index contributed by atoms with van der Waals surface area (Å²) in [6.45, 7) is 5.64. The van der Waals surface area contributed by atoms with Gasteiger partial charge in [0.1, 0.15) is 5.75 Å². The SMILES string of the molecule is CC[C@@H](C)Oc1ccccc1[C@H]1C2=C(C[C@H](c3ccc(OC)c(OC)c3)CC2=O)Nc2ccccc2N1C(C)=O. The first-order valence-corrected chi connectivity index (χ1v) is 13.8. The lowest BCUT2D eigenvalue weighted by Gasteiger charge is -2.35. The Morgan fingerprint density at radius 1 is 0.975 bits per heavy atom. The van der Waals surface area contributed by atoms with E-state index in [1.807, 2.05) is 73.7 Å². The Balaban J connectivity index is 1.68. The highest BCUT2D eigenvalue weighted by atomic mass is 16.5. The average Bonchev–Trinajstić information content (AvgIpc) is 3.11. The van der Waals surface area contributed by atoms with Crippen molar-refractivity contribution in [1.29, 1.82) is 0 Å². The van der Waals surface area contributed by atoms with Crippen LogP contribution in [0.25, 0.3) is 0 Å². The van der Waals surface area contributed by atoms with Crippen molar-refractivity contribution in [2.45, 2.75) is 58.1 Å². The van der Waals surface area contributed by atoms with Gasteiger partial charge in [0.15, 0.2) is 17.3 Å². The number of nitrogens with zero attached hydrogens (tertiary/aromatic N) is 1. The Morgan fingerprint density at radius 3 is 2.42 bits per heavy atom. The van der Waals surface area contributed by atoms with Crippen LogP contribution in [0.3, 0.4) is 0 Å². The van der Waals surface area contributed by atoms with Crippen LogP contribution in [0.5, 0.6) is 17.2 Å². The second kappa shape index (κ2) is 11.5. The number of allylic oxidation sites excluding steroid dienone is 1. The number of fused-ring (bicyclic) bond motifs is 1. The highest BCUT2D eigenvalue weighted by Crippen LogP contribution is 2.49. The lowest BCUT2D eigenvalue weighted by Crippen LogP contribution is -2.37. The number of carbonyl (C=O) groups is 2. The van der Waals surface area contributed by atoms with Crippen LogP contribution in [0, 0.1) is 0 Å². The molecule has 3 atom stereocenters. The molecule has 1 heterocycles. The Labute approximate surface area is 235 Å². The maximum Gasteiger partial charge on any atom is 0.224 e. The van der Waals surface area contributed by atoms with Crippen molar-refractivity contribution in [2.75, 3.05) is 24.4 Å². The molecule has 0 saturated heterocycles. The average molecular weight is 541 g/mol. The number of rotatable bonds is 7. The third kappa shape index (κ3) is 5.04. The Bertz CT molecular complexity index is 1460. The molecule has 0 spiro atoms. The van der Waals surface area contributed by atoms with Gasteiger partial charge in [0.05, 0.1) is 37.7 Å². The van der Waals surface area contributed by atoms with E-state index < -0.39 is 6.04 Å². The minimum absolute atomic E-state index is 0.00376. The Kier molecular flexibility index (Phi) is 7.83. The normalized spacial score (nSPS) is 19.1. The first-order valence-electron chi connectivity index (χ1n) is 13.8. The molecule has 1 aliphatic heterocycles. The van der Waals surface area contributed by atoms with Crippen LogP contribution in [0.2, 0.25) is 0 Å². The molecule has 40 heavy (non-hydrogen) atoms. The van der Waals surface area contributed by atoms with Gasteiger partial charge < -0.3 is 19.5 Å². The van der Waals surface area contributed by atoms with Crippen LogP contribution in [0.1, 0.15) is 63.1 Å². The van der Waals surface area contributed by atoms with E-state index >= 15 is 0 Å². The monoisotopic (exact) mass is 540 g/mol. The second-order valence-corrected chi connectivity index (χ2v) is 10.3. The third-order valence-corrected chi connectivity index (χ3v) is 7.82. The van der Waals surface area contributed by atoms with Gasteiger partial charge in [-0.2, -0.15) is 0 Å². The zero-order valence-electron chi connectivity index (χ0n) is 23.7. The van der Waals surface area contributed by atoms with Gasteiger partial charge in [-0.05, 0) is 61.6 Å². The van der Waals surface area contributed by atoms with Crippen LogP contribution in [0.4, 0.5) is 11.4 Å². The molecule has 7 heteroatoms. The molecule has 1 amide bonds. The number of ether oxygens (including phenoxy) is 3. The molecule has 0 bridgehead atoms. The number of hydrogen-bond acceptors (Lipinski definition) is 6. The summed E-state index contributed by atoms with van der Waals surface area (Å²) in [4.78, 5) is 29.3. The van der Waals surface area contributed by atoms with E-state index in [0.29, 0.717) is 35.7 Å². The van der Waals surface area contributed by atoms with E-state index in [9.17, 15) is 9.59 Å². The molecule has 0 radical (unpaired) electrons. The predicted octanol–water partition coefficient (Wildman–Crippen LogP) is 6.80. The fraction of sp³-hybridized carbons (Fsp3) is 0.333. The number of Topliss-reactive ketones (excluding diaryl/α,β-unsaturated/α-hetero) is 1. The van der Waals surface area contributed by atoms with Gasteiger partial charge in [0.2, 0.25) is 5.91 Å². The van der Waals surface area contributed by atoms with Gasteiger partial charge in [-0.3, -0.25) is 14.5 Å². The molecule has 1 N–H and O–H groups in total. The molecular weight excluding hydrogens is 504 g/mol. The molecule has 0 saturated carbocycles. The summed E-state index contributed by atoms with van der Waals surface area (Å²) in [6, 6.07) is 20.6. The minimum atomic E-state index is -0.636. The molecule has 5 rings (SSSR count). The van der Waals surface area contributed by atoms with Gasteiger partial charge in [-0.25, -0.2) is 0 Å². The van der Waals surface area contributed by atoms with E-state index in [0.717, 1.165) is 34.6 Å². The Morgan fingerprint density at radius 2 is 1.70 bits per heavy atom. The topological polar surface area (TPSA) is 77.1 Å². The number of anilines is 2. The smallest absolute Gasteiger partial charge is 0.224 e. The fourth-order valence-corrected chi connectivity index (χ4v) is 5.69. The van der Waals surface area contributed by atoms with Crippen molar-refractivity contribution in [3.05, 3.63) is 89.1 Å². The molecule has 208 valence electrons. The fourth-order valence-electron chi connectivity index (χ4n) is 5.69. The van der Waals surface area contributed by atoms with Gasteiger partial charge in [-0.15, -0.1) is 0 Å². The van der Waals surface area contributed by atoms with Crippen molar-refractivity contribution in [3.8, 4) is 17.2 Å². The van der Waals surface area contributed by atoms with E-state index in [2.05, 4.69) is 12.2 Å². The van der Waals surface area contributed by atoms with Gasteiger partial charge in [-0.1, -0.05) is 43.3 Å². The lowest BCUT2D eigenvalue weighted by molar-refractivity contribution is -0.117. The molecule has 0 aromatic heterocycles. The largest absolute Gasteiger partial charge is 0.493 e. The Hall–Kier alpha value is -4.26. The maximum absolute atomic E-state index is 14.2. The summed E-state index contributed by atoms with van der Waals surface area (Å²) in [5, 5.41) is 3.57. The predicted molar refractivity (Wildman–Crippen MR) is 156 cm³/mol. The first-order chi connectivity index (χ1) is 19.4. The third-order valence-electron chi connectivity index (χ3n) is 7.82. The van der Waals surface area contributed by atoms with Crippen molar-refractivity contribution in [1.82, 2.24) is 0 Å². The highest BCUT2D eigenvalue weighted by molar-refractivity contribution is 6.06. The van der Waals surface area contributed by atoms with Crippen LogP contribution < -0.4 is 24.4 Å². The van der Waals surface area contributed by atoms with Crippen LogP contribution in [-0.4, -0.2) is 32.0 Å². The van der Waals surface area contributed by atoms with E-state index in [1.54, 1.807) is 26.0 Å². The number of amides is 1. The maximum atomic E-state index is 14.2. The molecule has 0 fully saturated rings. The number of ketones is 1. The summed E-state index contributed by atoms with van der Waals surface area (Å²) in [5.41, 5.74) is 4.72. The molecule has 7 nitrogen and oxygen atoms in total.